The molecule has 0 aliphatic carbocycles. The van der Waals surface area contributed by atoms with E-state index in [0.717, 1.165) is 5.39 Å². The Morgan fingerprint density at radius 1 is 1.12 bits per heavy atom. The highest BCUT2D eigenvalue weighted by molar-refractivity contribution is 5.97. The molecule has 1 unspecified atom stereocenters. The van der Waals surface area contributed by atoms with E-state index in [4.69, 9.17) is 5.21 Å². The monoisotopic (exact) mass is 350 g/mol. The Morgan fingerprint density at radius 2 is 1.85 bits per heavy atom. The number of hydrogen-bond donors (Lipinski definition) is 2. The van der Waals surface area contributed by atoms with Crippen LogP contribution in [0.3, 0.4) is 0 Å². The van der Waals surface area contributed by atoms with E-state index in [1.807, 2.05) is 24.3 Å². The molecule has 134 valence electrons. The van der Waals surface area contributed by atoms with E-state index in [1.165, 1.54) is 11.6 Å². The maximum atomic E-state index is 12.9. The van der Waals surface area contributed by atoms with Crippen molar-refractivity contribution in [3.8, 4) is 0 Å². The van der Waals surface area contributed by atoms with Gasteiger partial charge in [0, 0.05) is 29.6 Å². The maximum Gasteiger partial charge on any atom is 0.274 e. The zero-order chi connectivity index (χ0) is 18.7. The number of nitrogens with zero attached hydrogens (tertiary/aromatic N) is 1. The molecule has 0 saturated heterocycles. The van der Waals surface area contributed by atoms with Crippen LogP contribution in [0.15, 0.2) is 65.6 Å². The summed E-state index contributed by atoms with van der Waals surface area (Å²) in [5, 5.41) is 10.0. The summed E-state index contributed by atoms with van der Waals surface area (Å²) in [6.07, 6.45) is 1.80. The fourth-order valence-electron chi connectivity index (χ4n) is 3.24. The molecule has 3 rings (SSSR count). The average Bonchev–Trinajstić information content (AvgIpc) is 2.67. The number of carbonyl (C=O) groups excluding carboxylic acids is 1. The molecule has 5 nitrogen and oxygen atoms in total. The van der Waals surface area contributed by atoms with Gasteiger partial charge >= 0.3 is 0 Å². The number of amides is 1. The zero-order valence-corrected chi connectivity index (χ0v) is 14.8. The Kier molecular flexibility index (Phi) is 5.19. The number of carbonyl (C=O) groups is 1. The standard InChI is InChI=1S/C21H22N2O3/c1-14(2)19(15-6-4-3-5-7-15)13-23-11-10-16-8-9-17(20(24)22-26)12-18(16)21(23)25/h3-12,14,19,26H,13H2,1-2H3,(H,22,24). The molecule has 5 heteroatoms. The summed E-state index contributed by atoms with van der Waals surface area (Å²) in [5.74, 6) is -0.0622. The van der Waals surface area contributed by atoms with E-state index in [1.54, 1.807) is 28.4 Å². The zero-order valence-electron chi connectivity index (χ0n) is 14.8. The molecule has 2 N–H and O–H groups in total. The van der Waals surface area contributed by atoms with Crippen molar-refractivity contribution in [1.29, 1.82) is 0 Å². The van der Waals surface area contributed by atoms with Gasteiger partial charge in [-0.1, -0.05) is 50.2 Å². The fraction of sp³-hybridized carbons (Fsp3) is 0.238. The quantitative estimate of drug-likeness (QED) is 0.546. The van der Waals surface area contributed by atoms with E-state index in [0.29, 0.717) is 17.8 Å². The van der Waals surface area contributed by atoms with Crippen LogP contribution in [0.25, 0.3) is 10.8 Å². The third-order valence-corrected chi connectivity index (χ3v) is 4.77. The van der Waals surface area contributed by atoms with Gasteiger partial charge in [-0.05, 0) is 35.1 Å². The topological polar surface area (TPSA) is 71.3 Å². The Labute approximate surface area is 151 Å². The number of aromatic nitrogens is 1. The molecule has 0 radical (unpaired) electrons. The molecule has 0 spiro atoms. The van der Waals surface area contributed by atoms with Gasteiger partial charge < -0.3 is 4.57 Å². The first-order valence-electron chi connectivity index (χ1n) is 8.64. The Balaban J connectivity index is 2.03. The molecule has 1 heterocycles. The fourth-order valence-corrected chi connectivity index (χ4v) is 3.24. The minimum atomic E-state index is -0.633. The van der Waals surface area contributed by atoms with E-state index >= 15 is 0 Å². The van der Waals surface area contributed by atoms with E-state index < -0.39 is 5.91 Å². The molecule has 26 heavy (non-hydrogen) atoms. The molecule has 3 aromatic rings. The second kappa shape index (κ2) is 7.54. The third-order valence-electron chi connectivity index (χ3n) is 4.77. The van der Waals surface area contributed by atoms with E-state index in [2.05, 4.69) is 26.0 Å². The molecule has 0 fully saturated rings. The highest BCUT2D eigenvalue weighted by Crippen LogP contribution is 2.26. The lowest BCUT2D eigenvalue weighted by molar-refractivity contribution is 0.0706. The van der Waals surface area contributed by atoms with Crippen LogP contribution < -0.4 is 11.0 Å². The third kappa shape index (κ3) is 3.53. The van der Waals surface area contributed by atoms with Crippen LogP contribution in [0.1, 0.15) is 35.7 Å². The van der Waals surface area contributed by atoms with Crippen LogP contribution in [-0.2, 0) is 6.54 Å². The summed E-state index contributed by atoms with van der Waals surface area (Å²) < 4.78 is 1.70. The van der Waals surface area contributed by atoms with E-state index in [9.17, 15) is 9.59 Å². The maximum absolute atomic E-state index is 12.9. The first-order valence-corrected chi connectivity index (χ1v) is 8.64. The molecule has 1 atom stereocenters. The van der Waals surface area contributed by atoms with Crippen LogP contribution in [0.4, 0.5) is 0 Å². The van der Waals surface area contributed by atoms with Gasteiger partial charge in [-0.3, -0.25) is 14.8 Å². The van der Waals surface area contributed by atoms with Crippen molar-refractivity contribution in [2.45, 2.75) is 26.3 Å². The second-order valence-electron chi connectivity index (χ2n) is 6.78. The highest BCUT2D eigenvalue weighted by atomic mass is 16.5. The molecular weight excluding hydrogens is 328 g/mol. The lowest BCUT2D eigenvalue weighted by Crippen LogP contribution is -2.25. The Hall–Kier alpha value is -2.92. The summed E-state index contributed by atoms with van der Waals surface area (Å²) in [6.45, 7) is 4.85. The number of fused-ring (bicyclic) bond motifs is 1. The van der Waals surface area contributed by atoms with Crippen molar-refractivity contribution in [2.24, 2.45) is 5.92 Å². The minimum absolute atomic E-state index is 0.142. The second-order valence-corrected chi connectivity index (χ2v) is 6.78. The van der Waals surface area contributed by atoms with Gasteiger partial charge in [-0.25, -0.2) is 5.48 Å². The summed E-state index contributed by atoms with van der Waals surface area (Å²) >= 11 is 0. The van der Waals surface area contributed by atoms with Crippen molar-refractivity contribution in [2.75, 3.05) is 0 Å². The van der Waals surface area contributed by atoms with Gasteiger partial charge in [0.05, 0.1) is 0 Å². The van der Waals surface area contributed by atoms with Crippen molar-refractivity contribution < 1.29 is 10.0 Å². The van der Waals surface area contributed by atoms with Gasteiger partial charge in [0.25, 0.3) is 11.5 Å². The summed E-state index contributed by atoms with van der Waals surface area (Å²) in [6, 6.07) is 16.9. The lowest BCUT2D eigenvalue weighted by Gasteiger charge is -2.22. The number of rotatable bonds is 5. The molecule has 2 aromatic carbocycles. The number of benzene rings is 2. The van der Waals surface area contributed by atoms with Gasteiger partial charge in [0.2, 0.25) is 0 Å². The first kappa shape index (κ1) is 17.9. The normalized spacial score (nSPS) is 12.3. The van der Waals surface area contributed by atoms with Crippen LogP contribution in [0, 0.1) is 5.92 Å². The van der Waals surface area contributed by atoms with Crippen LogP contribution in [-0.4, -0.2) is 15.7 Å². The van der Waals surface area contributed by atoms with Crippen LogP contribution in [0.5, 0.6) is 0 Å². The van der Waals surface area contributed by atoms with Gasteiger partial charge in [-0.2, -0.15) is 0 Å². The molecule has 0 aliphatic heterocycles. The first-order chi connectivity index (χ1) is 12.5. The molecule has 1 amide bonds. The summed E-state index contributed by atoms with van der Waals surface area (Å²) in [5.41, 5.74) is 2.90. The number of hydroxylamine groups is 1. The molecule has 0 aliphatic rings. The average molecular weight is 350 g/mol. The van der Waals surface area contributed by atoms with Gasteiger partial charge in [0.1, 0.15) is 0 Å². The highest BCUT2D eigenvalue weighted by Gasteiger charge is 2.17. The predicted octanol–water partition coefficient (Wildman–Crippen LogP) is 3.56. The van der Waals surface area contributed by atoms with Crippen molar-refractivity contribution in [3.63, 3.8) is 0 Å². The number of nitrogens with one attached hydrogen (secondary N) is 1. The number of pyridine rings is 1. The number of hydrogen-bond acceptors (Lipinski definition) is 3. The summed E-state index contributed by atoms with van der Waals surface area (Å²) in [7, 11) is 0. The smallest absolute Gasteiger partial charge is 0.274 e. The van der Waals surface area contributed by atoms with Crippen LogP contribution >= 0.6 is 0 Å². The SMILES string of the molecule is CC(C)C(Cn1ccc2ccc(C(=O)NO)cc2c1=O)c1ccccc1. The Morgan fingerprint density at radius 3 is 2.50 bits per heavy atom. The molecule has 0 saturated carbocycles. The Bertz CT molecular complexity index is 977. The van der Waals surface area contributed by atoms with Gasteiger partial charge in [-0.15, -0.1) is 0 Å². The predicted molar refractivity (Wildman–Crippen MR) is 101 cm³/mol. The molecule has 0 bridgehead atoms. The van der Waals surface area contributed by atoms with Crippen molar-refractivity contribution >= 4 is 16.7 Å². The summed E-state index contributed by atoms with van der Waals surface area (Å²) in [4.78, 5) is 24.6. The van der Waals surface area contributed by atoms with E-state index in [-0.39, 0.29) is 17.0 Å². The molecular formula is C21H22N2O3. The molecule has 1 aromatic heterocycles. The van der Waals surface area contributed by atoms with Crippen molar-refractivity contribution in [1.82, 2.24) is 10.0 Å². The lowest BCUT2D eigenvalue weighted by atomic mass is 9.88. The van der Waals surface area contributed by atoms with Crippen LogP contribution in [0.2, 0.25) is 0 Å². The largest absolute Gasteiger partial charge is 0.314 e. The minimum Gasteiger partial charge on any atom is -0.314 e. The van der Waals surface area contributed by atoms with Gasteiger partial charge in [0.15, 0.2) is 0 Å². The van der Waals surface area contributed by atoms with Crippen molar-refractivity contribution in [3.05, 3.63) is 82.3 Å².